The van der Waals surface area contributed by atoms with Gasteiger partial charge < -0.3 is 10.1 Å². The molecule has 1 N–H and O–H groups in total. The Morgan fingerprint density at radius 2 is 2.22 bits per heavy atom. The highest BCUT2D eigenvalue weighted by Gasteiger charge is 2.19. The number of aromatic nitrogens is 2. The van der Waals surface area contributed by atoms with E-state index in [1.807, 2.05) is 38.3 Å². The number of thioether (sulfide) groups is 1. The number of nitrogens with zero attached hydrogens (tertiary/aromatic N) is 2. The molecule has 5 nitrogen and oxygen atoms in total. The van der Waals surface area contributed by atoms with Gasteiger partial charge in [0.15, 0.2) is 0 Å². The maximum Gasteiger partial charge on any atom is 0.272 e. The van der Waals surface area contributed by atoms with Crippen LogP contribution in [0.25, 0.3) is 10.9 Å². The van der Waals surface area contributed by atoms with Gasteiger partial charge in [0.05, 0.1) is 17.8 Å². The fourth-order valence-corrected chi connectivity index (χ4v) is 3.83. The molecule has 2 heterocycles. The fraction of sp³-hybridized carbons (Fsp3) is 0.250. The van der Waals surface area contributed by atoms with Gasteiger partial charge >= 0.3 is 0 Å². The maximum atomic E-state index is 12.5. The molecule has 0 aliphatic rings. The lowest BCUT2D eigenvalue weighted by Crippen LogP contribution is -2.35. The predicted octanol–water partition coefficient (Wildman–Crippen LogP) is 3.67. The van der Waals surface area contributed by atoms with Crippen molar-refractivity contribution < 1.29 is 9.53 Å². The minimum Gasteiger partial charge on any atom is -0.470 e. The van der Waals surface area contributed by atoms with Crippen LogP contribution in [0.15, 0.2) is 30.5 Å². The third-order valence-corrected chi connectivity index (χ3v) is 5.79. The zero-order valence-corrected chi connectivity index (χ0v) is 16.9. The largest absolute Gasteiger partial charge is 0.470 e. The molecule has 0 bridgehead atoms. The Kier molecular flexibility index (Phi) is 5.99. The Morgan fingerprint density at radius 1 is 1.41 bits per heavy atom. The third kappa shape index (κ3) is 4.59. The highest BCUT2D eigenvalue weighted by molar-refractivity contribution is 7.99. The molecule has 0 radical (unpaired) electrons. The number of hydrogen-bond acceptors (Lipinski definition) is 6. The molecule has 0 fully saturated rings. The van der Waals surface area contributed by atoms with Crippen molar-refractivity contribution in [3.05, 3.63) is 51.6 Å². The van der Waals surface area contributed by atoms with Crippen LogP contribution >= 0.6 is 23.1 Å². The third-order valence-electron chi connectivity index (χ3n) is 3.98. The number of benzene rings is 1. The van der Waals surface area contributed by atoms with E-state index in [9.17, 15) is 4.79 Å². The van der Waals surface area contributed by atoms with Crippen LogP contribution in [0.1, 0.15) is 21.1 Å². The van der Waals surface area contributed by atoms with Crippen molar-refractivity contribution in [3.8, 4) is 18.1 Å². The first-order valence-electron chi connectivity index (χ1n) is 8.26. The number of rotatable bonds is 6. The molecule has 27 heavy (non-hydrogen) atoms. The van der Waals surface area contributed by atoms with Gasteiger partial charge in [-0.2, -0.15) is 0 Å². The van der Waals surface area contributed by atoms with Gasteiger partial charge in [0.1, 0.15) is 10.8 Å². The molecule has 2 aromatic heterocycles. The van der Waals surface area contributed by atoms with Crippen molar-refractivity contribution in [3.63, 3.8) is 0 Å². The summed E-state index contributed by atoms with van der Waals surface area (Å²) in [5.74, 6) is 2.97. The Balaban J connectivity index is 1.69. The van der Waals surface area contributed by atoms with Crippen LogP contribution in [-0.4, -0.2) is 27.6 Å². The van der Waals surface area contributed by atoms with E-state index in [-0.39, 0.29) is 5.91 Å². The summed E-state index contributed by atoms with van der Waals surface area (Å²) in [7, 11) is 0. The summed E-state index contributed by atoms with van der Waals surface area (Å²) in [5, 5.41) is 4.65. The number of aryl methyl sites for hydroxylation is 2. The number of ether oxygens (including phenoxy) is 1. The smallest absolute Gasteiger partial charge is 0.272 e. The minimum absolute atomic E-state index is 0.191. The van der Waals surface area contributed by atoms with Gasteiger partial charge in [-0.15, -0.1) is 29.5 Å². The number of terminal acetylenes is 1. The van der Waals surface area contributed by atoms with Crippen molar-refractivity contribution in [2.24, 2.45) is 0 Å². The van der Waals surface area contributed by atoms with Gasteiger partial charge in [0, 0.05) is 22.0 Å². The van der Waals surface area contributed by atoms with E-state index in [1.54, 1.807) is 23.6 Å². The van der Waals surface area contributed by atoms with Crippen LogP contribution in [0, 0.1) is 26.2 Å². The maximum absolute atomic E-state index is 12.5. The molecular formula is C20H19N3O2S2. The first-order valence-corrected chi connectivity index (χ1v) is 10.4. The zero-order chi connectivity index (χ0) is 19.4. The predicted molar refractivity (Wildman–Crippen MR) is 111 cm³/mol. The Labute approximate surface area is 166 Å². The number of amides is 1. The van der Waals surface area contributed by atoms with E-state index in [4.69, 9.17) is 11.2 Å². The number of carbonyl (C=O) groups is 1. The first kappa shape index (κ1) is 19.2. The standard InChI is InChI=1S/C20H19N3O2S2/c1-5-14-8-15-9-16(6-7-17(15)21-10-14)25-20(26-4)19(24)22-11-18-23-12(2)13(3)27-18/h1,6-10,20H,11H2,2-4H3,(H,22,24). The van der Waals surface area contributed by atoms with Crippen LogP contribution < -0.4 is 10.1 Å². The molecule has 1 amide bonds. The summed E-state index contributed by atoms with van der Waals surface area (Å²) in [4.78, 5) is 22.4. The highest BCUT2D eigenvalue weighted by atomic mass is 32.2. The summed E-state index contributed by atoms with van der Waals surface area (Å²) in [6, 6.07) is 7.36. The lowest BCUT2D eigenvalue weighted by Gasteiger charge is -2.16. The van der Waals surface area contributed by atoms with Crippen LogP contribution in [0.3, 0.4) is 0 Å². The fourth-order valence-electron chi connectivity index (χ4n) is 2.46. The molecule has 1 unspecified atom stereocenters. The lowest BCUT2D eigenvalue weighted by molar-refractivity contribution is -0.124. The minimum atomic E-state index is -0.659. The summed E-state index contributed by atoms with van der Waals surface area (Å²) in [5.41, 5.74) is 1.86. The van der Waals surface area contributed by atoms with E-state index in [0.29, 0.717) is 17.9 Å². The normalized spacial score (nSPS) is 11.8. The zero-order valence-electron chi connectivity index (χ0n) is 15.3. The molecule has 0 saturated carbocycles. The molecule has 138 valence electrons. The number of hydrogen-bond donors (Lipinski definition) is 1. The topological polar surface area (TPSA) is 64.1 Å². The number of carbonyl (C=O) groups excluding carboxylic acids is 1. The second-order valence-electron chi connectivity index (χ2n) is 5.88. The monoisotopic (exact) mass is 397 g/mol. The number of pyridine rings is 1. The summed E-state index contributed by atoms with van der Waals surface area (Å²) >= 11 is 2.92. The number of fused-ring (bicyclic) bond motifs is 1. The van der Waals surface area contributed by atoms with E-state index < -0.39 is 5.44 Å². The Hall–Kier alpha value is -2.56. The summed E-state index contributed by atoms with van der Waals surface area (Å²) in [6.45, 7) is 4.38. The van der Waals surface area contributed by atoms with Crippen molar-refractivity contribution in [1.82, 2.24) is 15.3 Å². The van der Waals surface area contributed by atoms with Crippen LogP contribution in [0.5, 0.6) is 5.75 Å². The van der Waals surface area contributed by atoms with Gasteiger partial charge in [-0.3, -0.25) is 9.78 Å². The van der Waals surface area contributed by atoms with Gasteiger partial charge in [-0.05, 0) is 44.4 Å². The molecular weight excluding hydrogens is 378 g/mol. The SMILES string of the molecule is C#Cc1cnc2ccc(OC(SC)C(=O)NCc3nc(C)c(C)s3)cc2c1. The number of thiazole rings is 1. The molecule has 3 rings (SSSR count). The van der Waals surface area contributed by atoms with E-state index >= 15 is 0 Å². The Bertz CT molecular complexity index is 1000. The number of nitrogens with one attached hydrogen (secondary N) is 1. The average molecular weight is 398 g/mol. The molecule has 0 spiro atoms. The molecule has 1 atom stereocenters. The first-order chi connectivity index (χ1) is 13.0. The molecule has 0 aliphatic heterocycles. The van der Waals surface area contributed by atoms with Crippen LogP contribution in [-0.2, 0) is 11.3 Å². The summed E-state index contributed by atoms with van der Waals surface area (Å²) in [6.07, 6.45) is 8.92. The molecule has 1 aromatic carbocycles. The second kappa shape index (κ2) is 8.42. The second-order valence-corrected chi connectivity index (χ2v) is 8.06. The van der Waals surface area contributed by atoms with Gasteiger partial charge in [0.2, 0.25) is 5.44 Å². The van der Waals surface area contributed by atoms with Gasteiger partial charge in [0.25, 0.3) is 5.91 Å². The van der Waals surface area contributed by atoms with E-state index in [1.165, 1.54) is 11.8 Å². The highest BCUT2D eigenvalue weighted by Crippen LogP contribution is 2.23. The van der Waals surface area contributed by atoms with Crippen LogP contribution in [0.2, 0.25) is 0 Å². The molecule has 7 heteroatoms. The van der Waals surface area contributed by atoms with Gasteiger partial charge in [-0.1, -0.05) is 5.92 Å². The van der Waals surface area contributed by atoms with E-state index in [0.717, 1.165) is 26.5 Å². The Morgan fingerprint density at radius 3 is 2.89 bits per heavy atom. The van der Waals surface area contributed by atoms with Crippen molar-refractivity contribution in [2.45, 2.75) is 25.8 Å². The quantitative estimate of drug-likeness (QED) is 0.508. The average Bonchev–Trinajstić information content (AvgIpc) is 3.01. The molecule has 0 aliphatic carbocycles. The van der Waals surface area contributed by atoms with E-state index in [2.05, 4.69) is 21.2 Å². The van der Waals surface area contributed by atoms with Crippen molar-refractivity contribution >= 4 is 39.9 Å². The summed E-state index contributed by atoms with van der Waals surface area (Å²) < 4.78 is 5.88. The van der Waals surface area contributed by atoms with Gasteiger partial charge in [-0.25, -0.2) is 4.98 Å². The lowest BCUT2D eigenvalue weighted by atomic mass is 10.1. The molecule has 3 aromatic rings. The van der Waals surface area contributed by atoms with Crippen molar-refractivity contribution in [1.29, 1.82) is 0 Å². The van der Waals surface area contributed by atoms with Crippen LogP contribution in [0.4, 0.5) is 0 Å². The van der Waals surface area contributed by atoms with Crippen molar-refractivity contribution in [2.75, 3.05) is 6.26 Å². The molecule has 0 saturated heterocycles.